The second kappa shape index (κ2) is 9.46. The summed E-state index contributed by atoms with van der Waals surface area (Å²) in [5.41, 5.74) is 0.489. The van der Waals surface area contributed by atoms with E-state index in [-0.39, 0.29) is 11.2 Å². The fraction of sp³-hybridized carbons (Fsp3) is 0.250. The second-order valence-corrected chi connectivity index (χ2v) is 8.39. The number of aromatic nitrogens is 4. The number of alkyl halides is 3. The summed E-state index contributed by atoms with van der Waals surface area (Å²) < 4.78 is 48.1. The summed E-state index contributed by atoms with van der Waals surface area (Å²) in [4.78, 5) is 21.8. The topological polar surface area (TPSA) is 111 Å². The van der Waals surface area contributed by atoms with Gasteiger partial charge < -0.3 is 19.9 Å². The summed E-state index contributed by atoms with van der Waals surface area (Å²) >= 11 is 0. The van der Waals surface area contributed by atoms with Crippen molar-refractivity contribution in [3.05, 3.63) is 72.3 Å². The van der Waals surface area contributed by atoms with Crippen LogP contribution in [0.2, 0.25) is 0 Å². The van der Waals surface area contributed by atoms with E-state index in [1.54, 1.807) is 30.7 Å². The van der Waals surface area contributed by atoms with Crippen LogP contribution in [0.3, 0.4) is 0 Å². The predicted octanol–water partition coefficient (Wildman–Crippen LogP) is 3.94. The van der Waals surface area contributed by atoms with Gasteiger partial charge in [-0.1, -0.05) is 12.1 Å². The molecular weight excluding hydrogens is 479 g/mol. The number of halogens is 3. The number of fused-ring (bicyclic) bond motifs is 1. The van der Waals surface area contributed by atoms with E-state index in [2.05, 4.69) is 25.1 Å². The zero-order valence-corrected chi connectivity index (χ0v) is 19.4. The van der Waals surface area contributed by atoms with Crippen molar-refractivity contribution in [2.75, 3.05) is 7.11 Å². The lowest BCUT2D eigenvalue weighted by Crippen LogP contribution is -2.42. The van der Waals surface area contributed by atoms with E-state index in [9.17, 15) is 23.1 Å². The highest BCUT2D eigenvalue weighted by Crippen LogP contribution is 2.30. The quantitative estimate of drug-likeness (QED) is 0.395. The number of hydrogen-bond donors (Lipinski definition) is 2. The van der Waals surface area contributed by atoms with Gasteiger partial charge in [0.1, 0.15) is 17.1 Å². The molecule has 0 spiro atoms. The van der Waals surface area contributed by atoms with Crippen LogP contribution in [0.4, 0.5) is 13.2 Å². The zero-order chi connectivity index (χ0) is 26.1. The number of pyridine rings is 1. The first kappa shape index (κ1) is 24.9. The molecule has 0 aliphatic rings. The maximum absolute atomic E-state index is 13.3. The minimum Gasteiger partial charge on any atom is -0.494 e. The number of methoxy groups -OCH3 is 1. The first-order chi connectivity index (χ1) is 17.0. The van der Waals surface area contributed by atoms with Crippen LogP contribution in [0, 0.1) is 0 Å². The number of nitrogens with one attached hydrogen (secondary N) is 1. The Hall–Kier alpha value is -4.19. The van der Waals surface area contributed by atoms with Gasteiger partial charge in [-0.3, -0.25) is 9.78 Å². The summed E-state index contributed by atoms with van der Waals surface area (Å²) in [6.07, 6.45) is 1.28. The number of rotatable bonds is 7. The van der Waals surface area contributed by atoms with Crippen LogP contribution in [-0.4, -0.2) is 49.7 Å². The van der Waals surface area contributed by atoms with Crippen LogP contribution in [0.1, 0.15) is 35.8 Å². The molecule has 12 heteroatoms. The number of aliphatic hydroxyl groups is 1. The Bertz CT molecular complexity index is 1380. The molecule has 3 aromatic heterocycles. The Labute approximate surface area is 203 Å². The van der Waals surface area contributed by atoms with Gasteiger partial charge in [0.05, 0.1) is 36.8 Å². The van der Waals surface area contributed by atoms with E-state index < -0.39 is 29.7 Å². The molecule has 3 heterocycles. The summed E-state index contributed by atoms with van der Waals surface area (Å²) in [6, 6.07) is 7.37. The van der Waals surface area contributed by atoms with Crippen LogP contribution >= 0.6 is 0 Å². The van der Waals surface area contributed by atoms with Gasteiger partial charge in [0.15, 0.2) is 5.65 Å². The van der Waals surface area contributed by atoms with Crippen molar-refractivity contribution in [3.8, 4) is 22.8 Å². The van der Waals surface area contributed by atoms with Gasteiger partial charge in [-0.2, -0.15) is 5.10 Å². The monoisotopic (exact) mass is 501 g/mol. The summed E-state index contributed by atoms with van der Waals surface area (Å²) in [7, 11) is 1.51. The van der Waals surface area contributed by atoms with Crippen molar-refractivity contribution < 1.29 is 32.5 Å². The lowest BCUT2D eigenvalue weighted by Gasteiger charge is -2.30. The Kier molecular flexibility index (Phi) is 6.55. The lowest BCUT2D eigenvalue weighted by molar-refractivity contribution is -0.274. The zero-order valence-electron chi connectivity index (χ0n) is 19.4. The van der Waals surface area contributed by atoms with Gasteiger partial charge in [-0.05, 0) is 43.7 Å². The van der Waals surface area contributed by atoms with Crippen molar-refractivity contribution in [2.24, 2.45) is 0 Å². The average Bonchev–Trinajstić information content (AvgIpc) is 3.25. The fourth-order valence-corrected chi connectivity index (χ4v) is 3.67. The molecule has 1 aromatic carbocycles. The largest absolute Gasteiger partial charge is 0.573 e. The van der Waals surface area contributed by atoms with Crippen molar-refractivity contribution in [1.82, 2.24) is 24.9 Å². The van der Waals surface area contributed by atoms with E-state index in [1.165, 1.54) is 43.8 Å². The van der Waals surface area contributed by atoms with Crippen LogP contribution in [0.5, 0.6) is 11.5 Å². The minimum absolute atomic E-state index is 0.135. The molecule has 2 N–H and O–H groups in total. The highest BCUT2D eigenvalue weighted by atomic mass is 19.4. The predicted molar refractivity (Wildman–Crippen MR) is 122 cm³/mol. The highest BCUT2D eigenvalue weighted by Gasteiger charge is 2.33. The van der Waals surface area contributed by atoms with Crippen LogP contribution in [0.15, 0.2) is 61.2 Å². The second-order valence-electron chi connectivity index (χ2n) is 8.39. The molecule has 0 radical (unpaired) electrons. The molecule has 0 saturated heterocycles. The molecule has 0 unspecified atom stereocenters. The van der Waals surface area contributed by atoms with Gasteiger partial charge in [0.25, 0.3) is 5.91 Å². The number of nitrogens with zero attached hydrogens (tertiary/aromatic N) is 4. The van der Waals surface area contributed by atoms with E-state index in [0.29, 0.717) is 22.6 Å². The Balaban J connectivity index is 1.65. The molecule has 0 bridgehead atoms. The Morgan fingerprint density at radius 2 is 1.83 bits per heavy atom. The van der Waals surface area contributed by atoms with Gasteiger partial charge in [0, 0.05) is 18.0 Å². The number of amides is 1. The summed E-state index contributed by atoms with van der Waals surface area (Å²) in [5, 5.41) is 17.6. The first-order valence-electron chi connectivity index (χ1n) is 10.7. The fourth-order valence-electron chi connectivity index (χ4n) is 3.67. The minimum atomic E-state index is -4.83. The van der Waals surface area contributed by atoms with Gasteiger partial charge >= 0.3 is 6.36 Å². The molecule has 0 aliphatic heterocycles. The van der Waals surface area contributed by atoms with Crippen molar-refractivity contribution in [2.45, 2.75) is 31.9 Å². The number of ether oxygens (including phenoxy) is 2. The third kappa shape index (κ3) is 5.38. The molecule has 4 rings (SSSR count). The number of carbonyl (C=O) groups is 1. The molecule has 0 fully saturated rings. The number of benzene rings is 1. The Morgan fingerprint density at radius 3 is 2.47 bits per heavy atom. The Morgan fingerprint density at radius 1 is 1.11 bits per heavy atom. The van der Waals surface area contributed by atoms with Crippen LogP contribution in [0.25, 0.3) is 16.9 Å². The van der Waals surface area contributed by atoms with Gasteiger partial charge in [0.2, 0.25) is 0 Å². The molecule has 9 nitrogen and oxygen atoms in total. The maximum atomic E-state index is 13.3. The van der Waals surface area contributed by atoms with E-state index in [4.69, 9.17) is 4.74 Å². The molecule has 1 amide bonds. The SMILES string of the molecule is COc1cnccc1-c1ccn2ncc(C(=O)N[C@@H](c3ccc(OC(F)(F)F)cc3)C(C)(C)O)c2n1. The third-order valence-corrected chi connectivity index (χ3v) is 5.32. The average molecular weight is 501 g/mol. The summed E-state index contributed by atoms with van der Waals surface area (Å²) in [6.45, 7) is 2.94. The standard InChI is InChI=1S/C24H22F3N5O4/c1-23(2,34)20(14-4-6-15(7-5-14)36-24(25,26)27)31-22(33)17-12-29-32-11-9-18(30-21(17)32)16-8-10-28-13-19(16)35-3/h4-13,20,34H,1-3H3,(H,31,33)/t20-/m0/s1. The van der Waals surface area contributed by atoms with Gasteiger partial charge in [-0.25, -0.2) is 9.50 Å². The van der Waals surface area contributed by atoms with Crippen molar-refractivity contribution in [1.29, 1.82) is 0 Å². The van der Waals surface area contributed by atoms with E-state index in [1.807, 2.05) is 0 Å². The van der Waals surface area contributed by atoms with Gasteiger partial charge in [-0.15, -0.1) is 13.2 Å². The number of carbonyl (C=O) groups excluding carboxylic acids is 1. The van der Waals surface area contributed by atoms with E-state index >= 15 is 0 Å². The number of hydrogen-bond acceptors (Lipinski definition) is 7. The molecule has 188 valence electrons. The molecule has 1 atom stereocenters. The highest BCUT2D eigenvalue weighted by molar-refractivity contribution is 6.00. The van der Waals surface area contributed by atoms with Crippen molar-refractivity contribution in [3.63, 3.8) is 0 Å². The third-order valence-electron chi connectivity index (χ3n) is 5.32. The van der Waals surface area contributed by atoms with E-state index in [0.717, 1.165) is 12.1 Å². The molecule has 0 saturated carbocycles. The molecule has 4 aromatic rings. The molecular formula is C24H22F3N5O4. The first-order valence-corrected chi connectivity index (χ1v) is 10.7. The van der Waals surface area contributed by atoms with Crippen LogP contribution in [-0.2, 0) is 0 Å². The smallest absolute Gasteiger partial charge is 0.494 e. The van der Waals surface area contributed by atoms with Crippen LogP contribution < -0.4 is 14.8 Å². The lowest BCUT2D eigenvalue weighted by atomic mass is 9.91. The molecule has 36 heavy (non-hydrogen) atoms. The maximum Gasteiger partial charge on any atom is 0.573 e. The van der Waals surface area contributed by atoms with Crippen molar-refractivity contribution >= 4 is 11.6 Å². The molecule has 0 aliphatic carbocycles. The summed E-state index contributed by atoms with van der Waals surface area (Å²) in [5.74, 6) is -0.503. The normalized spacial score (nSPS) is 12.9.